The third kappa shape index (κ3) is 6.44. The summed E-state index contributed by atoms with van der Waals surface area (Å²) < 4.78 is 0. The second-order valence-electron chi connectivity index (χ2n) is 6.09. The third-order valence-corrected chi connectivity index (χ3v) is 3.55. The molecule has 1 heterocycles. The molecule has 0 radical (unpaired) electrons. The molecule has 4 nitrogen and oxygen atoms in total. The highest BCUT2D eigenvalue weighted by atomic mass is 35.5. The van der Waals surface area contributed by atoms with Gasteiger partial charge in [-0.1, -0.05) is 38.8 Å². The first kappa shape index (κ1) is 17.9. The lowest BCUT2D eigenvalue weighted by atomic mass is 9.88. The van der Waals surface area contributed by atoms with Crippen molar-refractivity contribution in [1.82, 2.24) is 10.3 Å². The summed E-state index contributed by atoms with van der Waals surface area (Å²) in [6, 6.07) is 3.39. The molecule has 0 unspecified atom stereocenters. The van der Waals surface area contributed by atoms with Crippen LogP contribution in [-0.2, 0) is 6.42 Å². The smallest absolute Gasteiger partial charge is 0.251 e. The van der Waals surface area contributed by atoms with Gasteiger partial charge >= 0.3 is 0 Å². The van der Waals surface area contributed by atoms with Crippen LogP contribution in [0.3, 0.4) is 0 Å². The molecule has 118 valence electrons. The van der Waals surface area contributed by atoms with E-state index in [2.05, 4.69) is 31.1 Å². The van der Waals surface area contributed by atoms with E-state index in [4.69, 9.17) is 16.7 Å². The first-order chi connectivity index (χ1) is 9.88. The first-order valence-electron chi connectivity index (χ1n) is 7.43. The molecule has 1 aromatic heterocycles. The van der Waals surface area contributed by atoms with Crippen LogP contribution < -0.4 is 5.32 Å². The molecule has 0 fully saturated rings. The van der Waals surface area contributed by atoms with Gasteiger partial charge < -0.3 is 10.4 Å². The van der Waals surface area contributed by atoms with Gasteiger partial charge in [-0.15, -0.1) is 0 Å². The predicted molar refractivity (Wildman–Crippen MR) is 85.7 cm³/mol. The van der Waals surface area contributed by atoms with Gasteiger partial charge in [-0.25, -0.2) is 4.98 Å². The van der Waals surface area contributed by atoms with Crippen molar-refractivity contribution in [2.75, 3.05) is 13.2 Å². The molecule has 0 saturated carbocycles. The lowest BCUT2D eigenvalue weighted by molar-refractivity contribution is 0.0932. The number of pyridine rings is 1. The number of aryl methyl sites for hydroxylation is 1. The Morgan fingerprint density at radius 1 is 1.43 bits per heavy atom. The van der Waals surface area contributed by atoms with Crippen LogP contribution >= 0.6 is 11.6 Å². The number of carbonyl (C=O) groups is 1. The molecule has 0 saturated heterocycles. The summed E-state index contributed by atoms with van der Waals surface area (Å²) in [5, 5.41) is 12.2. The summed E-state index contributed by atoms with van der Waals surface area (Å²) in [5.41, 5.74) is 1.35. The van der Waals surface area contributed by atoms with E-state index in [0.717, 1.165) is 31.4 Å². The monoisotopic (exact) mass is 312 g/mol. The van der Waals surface area contributed by atoms with Gasteiger partial charge in [-0.2, -0.15) is 0 Å². The highest BCUT2D eigenvalue weighted by molar-refractivity contribution is 6.29. The zero-order chi connectivity index (χ0) is 15.9. The van der Waals surface area contributed by atoms with Crippen LogP contribution in [0, 0.1) is 5.41 Å². The van der Waals surface area contributed by atoms with Gasteiger partial charge in [0.2, 0.25) is 0 Å². The van der Waals surface area contributed by atoms with E-state index in [0.29, 0.717) is 17.3 Å². The molecule has 2 N–H and O–H groups in total. The molecule has 0 bridgehead atoms. The second-order valence-corrected chi connectivity index (χ2v) is 6.48. The Morgan fingerprint density at radius 2 is 2.14 bits per heavy atom. The van der Waals surface area contributed by atoms with Crippen molar-refractivity contribution in [1.29, 1.82) is 0 Å². The predicted octanol–water partition coefficient (Wildman–Crippen LogP) is 3.22. The number of aliphatic hydroxyl groups excluding tert-OH is 1. The van der Waals surface area contributed by atoms with E-state index in [1.54, 1.807) is 12.1 Å². The zero-order valence-corrected chi connectivity index (χ0v) is 13.8. The summed E-state index contributed by atoms with van der Waals surface area (Å²) in [7, 11) is 0. The fourth-order valence-corrected chi connectivity index (χ4v) is 2.36. The summed E-state index contributed by atoms with van der Waals surface area (Å²) in [5.74, 6) is -0.131. The van der Waals surface area contributed by atoms with Gasteiger partial charge in [0.1, 0.15) is 5.15 Å². The van der Waals surface area contributed by atoms with Crippen molar-refractivity contribution in [2.24, 2.45) is 5.41 Å². The van der Waals surface area contributed by atoms with Gasteiger partial charge in [-0.05, 0) is 36.8 Å². The maximum absolute atomic E-state index is 12.2. The van der Waals surface area contributed by atoms with Crippen LogP contribution in [0.1, 0.15) is 56.1 Å². The molecule has 0 aromatic carbocycles. The quantitative estimate of drug-likeness (QED) is 0.725. The van der Waals surface area contributed by atoms with Gasteiger partial charge in [0.15, 0.2) is 0 Å². The van der Waals surface area contributed by atoms with Crippen molar-refractivity contribution >= 4 is 17.5 Å². The van der Waals surface area contributed by atoms with Crippen LogP contribution in [0.15, 0.2) is 12.1 Å². The molecule has 1 amide bonds. The average Bonchev–Trinajstić information content (AvgIpc) is 2.42. The number of hydrogen-bond acceptors (Lipinski definition) is 3. The molecule has 0 atom stereocenters. The van der Waals surface area contributed by atoms with E-state index < -0.39 is 0 Å². The number of aliphatic hydroxyl groups is 1. The molecule has 21 heavy (non-hydrogen) atoms. The number of carbonyl (C=O) groups excluding carboxylic acids is 1. The number of nitrogens with one attached hydrogen (secondary N) is 1. The van der Waals surface area contributed by atoms with Crippen LogP contribution in [0.25, 0.3) is 0 Å². The highest BCUT2D eigenvalue weighted by Crippen LogP contribution is 2.21. The number of hydrogen-bond donors (Lipinski definition) is 2. The van der Waals surface area contributed by atoms with Crippen molar-refractivity contribution in [3.05, 3.63) is 28.5 Å². The SMILES string of the molecule is CCCc1cc(C(=O)NCC(C)(C)CCCO)cc(Cl)n1. The maximum Gasteiger partial charge on any atom is 0.251 e. The lowest BCUT2D eigenvalue weighted by Crippen LogP contribution is -2.34. The third-order valence-electron chi connectivity index (χ3n) is 3.35. The number of rotatable bonds is 8. The Morgan fingerprint density at radius 3 is 2.76 bits per heavy atom. The topological polar surface area (TPSA) is 62.2 Å². The molecule has 0 aliphatic carbocycles. The molecule has 1 aromatic rings. The Labute approximate surface area is 131 Å². The molecular weight excluding hydrogens is 288 g/mol. The fourth-order valence-electron chi connectivity index (χ4n) is 2.13. The van der Waals surface area contributed by atoms with Crippen LogP contribution in [-0.4, -0.2) is 29.1 Å². The summed E-state index contributed by atoms with van der Waals surface area (Å²) in [4.78, 5) is 16.4. The largest absolute Gasteiger partial charge is 0.396 e. The van der Waals surface area contributed by atoms with Gasteiger partial charge in [0.05, 0.1) is 0 Å². The summed E-state index contributed by atoms with van der Waals surface area (Å²) in [6.45, 7) is 6.95. The van der Waals surface area contributed by atoms with E-state index in [-0.39, 0.29) is 17.9 Å². The first-order valence-corrected chi connectivity index (χ1v) is 7.81. The fraction of sp³-hybridized carbons (Fsp3) is 0.625. The molecular formula is C16H25ClN2O2. The van der Waals surface area contributed by atoms with Gasteiger partial charge in [0, 0.05) is 24.4 Å². The van der Waals surface area contributed by atoms with Crippen LogP contribution in [0.4, 0.5) is 0 Å². The molecule has 0 spiro atoms. The van der Waals surface area contributed by atoms with Crippen molar-refractivity contribution in [2.45, 2.75) is 46.5 Å². The number of halogens is 1. The van der Waals surface area contributed by atoms with Gasteiger partial charge in [-0.3, -0.25) is 4.79 Å². The van der Waals surface area contributed by atoms with Crippen LogP contribution in [0.5, 0.6) is 0 Å². The zero-order valence-electron chi connectivity index (χ0n) is 13.1. The molecule has 0 aliphatic heterocycles. The minimum atomic E-state index is -0.131. The Hall–Kier alpha value is -1.13. The molecule has 1 rings (SSSR count). The Bertz CT molecular complexity index is 475. The average molecular weight is 313 g/mol. The van der Waals surface area contributed by atoms with Crippen molar-refractivity contribution in [3.8, 4) is 0 Å². The Kier molecular flexibility index (Phi) is 7.12. The maximum atomic E-state index is 12.2. The summed E-state index contributed by atoms with van der Waals surface area (Å²) >= 11 is 5.97. The van der Waals surface area contributed by atoms with Gasteiger partial charge in [0.25, 0.3) is 5.91 Å². The lowest BCUT2D eigenvalue weighted by Gasteiger charge is -2.24. The minimum absolute atomic E-state index is 0.0402. The number of aromatic nitrogens is 1. The van der Waals surface area contributed by atoms with E-state index >= 15 is 0 Å². The number of nitrogens with zero attached hydrogens (tertiary/aromatic N) is 1. The van der Waals surface area contributed by atoms with E-state index in [1.165, 1.54) is 0 Å². The normalized spacial score (nSPS) is 11.5. The minimum Gasteiger partial charge on any atom is -0.396 e. The second kappa shape index (κ2) is 8.35. The number of amides is 1. The van der Waals surface area contributed by atoms with E-state index in [1.807, 2.05) is 0 Å². The Balaban J connectivity index is 2.67. The standard InChI is InChI=1S/C16H25ClN2O2/c1-4-6-13-9-12(10-14(17)19-13)15(21)18-11-16(2,3)7-5-8-20/h9-10,20H,4-8,11H2,1-3H3,(H,18,21). The van der Waals surface area contributed by atoms with Crippen molar-refractivity contribution < 1.29 is 9.90 Å². The summed E-state index contributed by atoms with van der Waals surface area (Å²) in [6.07, 6.45) is 3.37. The molecule has 0 aliphatic rings. The van der Waals surface area contributed by atoms with Crippen molar-refractivity contribution in [3.63, 3.8) is 0 Å². The van der Waals surface area contributed by atoms with E-state index in [9.17, 15) is 4.79 Å². The van der Waals surface area contributed by atoms with Crippen LogP contribution in [0.2, 0.25) is 5.15 Å². The highest BCUT2D eigenvalue weighted by Gasteiger charge is 2.19. The molecule has 5 heteroatoms.